The number of carbonyl (C=O) groups is 1. The average molecular weight is 421 g/mol. The number of amides is 1. The number of hydrogen-bond donors (Lipinski definition) is 2. The molecule has 1 heterocycles. The zero-order valence-electron chi connectivity index (χ0n) is 15.3. The van der Waals surface area contributed by atoms with Gasteiger partial charge in [-0.05, 0) is 54.1 Å². The number of nitrogens with one attached hydrogen (secondary N) is 1. The Morgan fingerprint density at radius 2 is 1.66 bits per heavy atom. The summed E-state index contributed by atoms with van der Waals surface area (Å²) in [4.78, 5) is 18.3. The second kappa shape index (κ2) is 8.47. The molecule has 29 heavy (non-hydrogen) atoms. The Hall–Kier alpha value is -3.15. The van der Waals surface area contributed by atoms with Crippen molar-refractivity contribution >= 4 is 34.0 Å². The molecule has 0 fully saturated rings. The van der Waals surface area contributed by atoms with Gasteiger partial charge < -0.3 is 5.11 Å². The maximum Gasteiger partial charge on any atom is 0.257 e. The Kier molecular flexibility index (Phi) is 5.60. The van der Waals surface area contributed by atoms with Gasteiger partial charge >= 0.3 is 0 Å². The molecule has 0 saturated heterocycles. The Labute approximate surface area is 177 Å². The molecule has 0 aliphatic carbocycles. The van der Waals surface area contributed by atoms with E-state index in [0.717, 1.165) is 21.7 Å². The van der Waals surface area contributed by atoms with Crippen LogP contribution in [0.3, 0.4) is 0 Å². The molecule has 0 aliphatic rings. The maximum atomic E-state index is 12.6. The molecule has 0 spiro atoms. The number of benzene rings is 3. The van der Waals surface area contributed by atoms with Crippen LogP contribution in [0.2, 0.25) is 5.02 Å². The van der Waals surface area contributed by atoms with Crippen molar-refractivity contribution in [3.05, 3.63) is 99.9 Å². The van der Waals surface area contributed by atoms with Crippen molar-refractivity contribution in [1.82, 2.24) is 4.98 Å². The van der Waals surface area contributed by atoms with E-state index in [0.29, 0.717) is 22.1 Å². The second-order valence-electron chi connectivity index (χ2n) is 6.46. The van der Waals surface area contributed by atoms with Crippen LogP contribution in [-0.2, 0) is 6.42 Å². The number of phenolic OH excluding ortho intramolecular Hbond substituents is 1. The molecular weight excluding hydrogens is 404 g/mol. The first kappa shape index (κ1) is 19.2. The summed E-state index contributed by atoms with van der Waals surface area (Å²) in [7, 11) is 0. The normalized spacial score (nSPS) is 10.7. The Morgan fingerprint density at radius 3 is 2.34 bits per heavy atom. The largest absolute Gasteiger partial charge is 0.508 e. The second-order valence-corrected chi connectivity index (χ2v) is 7.98. The summed E-state index contributed by atoms with van der Waals surface area (Å²) in [5, 5.41) is 13.6. The summed E-state index contributed by atoms with van der Waals surface area (Å²) >= 11 is 7.34. The molecule has 0 bridgehead atoms. The van der Waals surface area contributed by atoms with Crippen LogP contribution in [0.4, 0.5) is 5.13 Å². The van der Waals surface area contributed by atoms with Crippen LogP contribution in [0.25, 0.3) is 11.3 Å². The number of phenols is 1. The highest BCUT2D eigenvalue weighted by molar-refractivity contribution is 7.16. The summed E-state index contributed by atoms with van der Waals surface area (Å²) in [6.45, 7) is 0. The number of aromatic hydroxyl groups is 1. The van der Waals surface area contributed by atoms with E-state index in [2.05, 4.69) is 22.4 Å². The van der Waals surface area contributed by atoms with Crippen molar-refractivity contribution in [2.24, 2.45) is 0 Å². The number of thiazole rings is 1. The zero-order valence-corrected chi connectivity index (χ0v) is 16.9. The van der Waals surface area contributed by atoms with Gasteiger partial charge in [-0.15, -0.1) is 11.3 Å². The van der Waals surface area contributed by atoms with Gasteiger partial charge in [-0.2, -0.15) is 0 Å². The highest BCUT2D eigenvalue weighted by Gasteiger charge is 2.16. The molecule has 6 heteroatoms. The summed E-state index contributed by atoms with van der Waals surface area (Å²) in [6, 6.07) is 23.7. The lowest BCUT2D eigenvalue weighted by molar-refractivity contribution is 0.102. The van der Waals surface area contributed by atoms with E-state index in [1.807, 2.05) is 30.3 Å². The van der Waals surface area contributed by atoms with E-state index in [9.17, 15) is 9.90 Å². The van der Waals surface area contributed by atoms with E-state index in [4.69, 9.17) is 11.6 Å². The minimum atomic E-state index is -0.237. The van der Waals surface area contributed by atoms with Gasteiger partial charge in [0.15, 0.2) is 5.13 Å². The van der Waals surface area contributed by atoms with Crippen LogP contribution in [0, 0.1) is 0 Å². The topological polar surface area (TPSA) is 62.2 Å². The van der Waals surface area contributed by atoms with Crippen LogP contribution in [0.5, 0.6) is 5.75 Å². The molecule has 2 N–H and O–H groups in total. The molecular formula is C23H17ClN2O2S. The molecule has 4 rings (SSSR count). The van der Waals surface area contributed by atoms with E-state index < -0.39 is 0 Å². The smallest absolute Gasteiger partial charge is 0.257 e. The van der Waals surface area contributed by atoms with Crippen LogP contribution < -0.4 is 5.32 Å². The number of nitrogens with zero attached hydrogens (tertiary/aromatic N) is 1. The lowest BCUT2D eigenvalue weighted by Crippen LogP contribution is -2.11. The van der Waals surface area contributed by atoms with Crippen molar-refractivity contribution in [3.63, 3.8) is 0 Å². The molecule has 0 unspecified atom stereocenters. The zero-order chi connectivity index (χ0) is 20.2. The van der Waals surface area contributed by atoms with Gasteiger partial charge in [0, 0.05) is 27.4 Å². The average Bonchev–Trinajstić information content (AvgIpc) is 3.11. The van der Waals surface area contributed by atoms with Gasteiger partial charge in [0.05, 0.1) is 5.69 Å². The van der Waals surface area contributed by atoms with Crippen LogP contribution in [0.1, 0.15) is 20.8 Å². The fourth-order valence-electron chi connectivity index (χ4n) is 2.92. The minimum Gasteiger partial charge on any atom is -0.508 e. The summed E-state index contributed by atoms with van der Waals surface area (Å²) in [6.07, 6.45) is 0.700. The molecule has 1 amide bonds. The first-order valence-corrected chi connectivity index (χ1v) is 10.2. The van der Waals surface area contributed by atoms with Gasteiger partial charge in [0.1, 0.15) is 5.75 Å². The highest BCUT2D eigenvalue weighted by Crippen LogP contribution is 2.34. The standard InChI is InChI=1S/C23H17ClN2O2S/c24-18-10-6-17(7-11-18)22(28)26-23-25-21(16-8-12-19(27)13-9-16)20(29-23)14-15-4-2-1-3-5-15/h1-13,27H,14H2,(H,25,26,28). The summed E-state index contributed by atoms with van der Waals surface area (Å²) in [5.41, 5.74) is 3.36. The maximum absolute atomic E-state index is 12.6. The molecule has 144 valence electrons. The van der Waals surface area contributed by atoms with Crippen molar-refractivity contribution < 1.29 is 9.90 Å². The minimum absolute atomic E-state index is 0.199. The van der Waals surface area contributed by atoms with Gasteiger partial charge in [-0.1, -0.05) is 41.9 Å². The monoisotopic (exact) mass is 420 g/mol. The third kappa shape index (κ3) is 4.65. The number of rotatable bonds is 5. The van der Waals surface area contributed by atoms with E-state index >= 15 is 0 Å². The van der Waals surface area contributed by atoms with Crippen molar-refractivity contribution in [2.45, 2.75) is 6.42 Å². The van der Waals surface area contributed by atoms with E-state index in [1.165, 1.54) is 11.3 Å². The fourth-order valence-corrected chi connectivity index (χ4v) is 4.06. The molecule has 0 aliphatic heterocycles. The number of carbonyl (C=O) groups excluding carboxylic acids is 1. The van der Waals surface area contributed by atoms with Crippen LogP contribution in [-0.4, -0.2) is 16.0 Å². The molecule has 0 saturated carbocycles. The lowest BCUT2D eigenvalue weighted by Gasteiger charge is -2.03. The van der Waals surface area contributed by atoms with Gasteiger partial charge in [-0.3, -0.25) is 10.1 Å². The fraction of sp³-hybridized carbons (Fsp3) is 0.0435. The first-order valence-electron chi connectivity index (χ1n) is 8.98. The van der Waals surface area contributed by atoms with Crippen LogP contribution >= 0.6 is 22.9 Å². The quantitative estimate of drug-likeness (QED) is 0.415. The summed E-state index contributed by atoms with van der Waals surface area (Å²) in [5.74, 6) is -0.0382. The number of anilines is 1. The highest BCUT2D eigenvalue weighted by atomic mass is 35.5. The molecule has 4 nitrogen and oxygen atoms in total. The van der Waals surface area contributed by atoms with Gasteiger partial charge in [0.25, 0.3) is 5.91 Å². The van der Waals surface area contributed by atoms with Crippen LogP contribution in [0.15, 0.2) is 78.9 Å². The van der Waals surface area contributed by atoms with Gasteiger partial charge in [-0.25, -0.2) is 4.98 Å². The number of halogens is 1. The molecule has 0 atom stereocenters. The Balaban J connectivity index is 1.65. The number of aromatic nitrogens is 1. The lowest BCUT2D eigenvalue weighted by atomic mass is 10.1. The van der Waals surface area contributed by atoms with Crippen molar-refractivity contribution in [1.29, 1.82) is 0 Å². The number of hydrogen-bond acceptors (Lipinski definition) is 4. The molecule has 3 aromatic carbocycles. The molecule has 1 aromatic heterocycles. The van der Waals surface area contributed by atoms with Crippen molar-refractivity contribution in [3.8, 4) is 17.0 Å². The van der Waals surface area contributed by atoms with Crippen molar-refractivity contribution in [2.75, 3.05) is 5.32 Å². The predicted molar refractivity (Wildman–Crippen MR) is 118 cm³/mol. The predicted octanol–water partition coefficient (Wildman–Crippen LogP) is 6.01. The first-order chi connectivity index (χ1) is 14.1. The molecule has 4 aromatic rings. The van der Waals surface area contributed by atoms with E-state index in [1.54, 1.807) is 36.4 Å². The third-order valence-corrected chi connectivity index (χ3v) is 5.60. The van der Waals surface area contributed by atoms with E-state index in [-0.39, 0.29) is 11.7 Å². The summed E-state index contributed by atoms with van der Waals surface area (Å²) < 4.78 is 0. The SMILES string of the molecule is O=C(Nc1nc(-c2ccc(O)cc2)c(Cc2ccccc2)s1)c1ccc(Cl)cc1. The molecule has 0 radical (unpaired) electrons. The third-order valence-electron chi connectivity index (χ3n) is 4.37. The Morgan fingerprint density at radius 1 is 0.966 bits per heavy atom. The van der Waals surface area contributed by atoms with Gasteiger partial charge in [0.2, 0.25) is 0 Å². The Bertz CT molecular complexity index is 1120.